The number of nitrogens with one attached hydrogen (secondary N) is 2. The second-order valence-corrected chi connectivity index (χ2v) is 11.1. The number of rotatable bonds is 6. The number of carbonyl (C=O) groups excluding carboxylic acids is 1. The minimum Gasteiger partial charge on any atom is -0.467 e. The number of aliphatic hydroxyl groups is 1. The number of aliphatic hydroxyl groups excluding tert-OH is 1. The van der Waals surface area contributed by atoms with Crippen molar-refractivity contribution in [1.29, 1.82) is 0 Å². The van der Waals surface area contributed by atoms with Crippen molar-refractivity contribution in [1.82, 2.24) is 10.0 Å². The molecular weight excluding hydrogens is 392 g/mol. The Morgan fingerprint density at radius 3 is 2.69 bits per heavy atom. The summed E-state index contributed by atoms with van der Waals surface area (Å²) in [5.41, 5.74) is -0.0324. The molecule has 0 radical (unpaired) electrons. The summed E-state index contributed by atoms with van der Waals surface area (Å²) in [5, 5.41) is 14.2. The zero-order chi connectivity index (χ0) is 21.4. The van der Waals surface area contributed by atoms with E-state index < -0.39 is 16.1 Å². The zero-order valence-electron chi connectivity index (χ0n) is 17.7. The molecule has 2 aliphatic carbocycles. The van der Waals surface area contributed by atoms with Crippen molar-refractivity contribution in [3.63, 3.8) is 0 Å². The van der Waals surface area contributed by atoms with E-state index in [1.54, 1.807) is 12.3 Å². The number of amides is 1. The molecule has 0 bridgehead atoms. The summed E-state index contributed by atoms with van der Waals surface area (Å²) in [5.74, 6) is 0.0690. The van der Waals surface area contributed by atoms with E-state index in [-0.39, 0.29) is 41.0 Å². The molecule has 3 N–H and O–H groups in total. The third kappa shape index (κ3) is 4.86. The van der Waals surface area contributed by atoms with E-state index in [0.717, 1.165) is 25.7 Å². The molecule has 0 aliphatic heterocycles. The molecular formula is C21H34N2O5S. The highest BCUT2D eigenvalue weighted by Crippen LogP contribution is 2.55. The molecule has 2 saturated carbocycles. The van der Waals surface area contributed by atoms with Gasteiger partial charge in [0.1, 0.15) is 5.76 Å². The van der Waals surface area contributed by atoms with Crippen LogP contribution in [0.25, 0.3) is 0 Å². The lowest BCUT2D eigenvalue weighted by Gasteiger charge is -2.56. The molecule has 3 rings (SSSR count). The van der Waals surface area contributed by atoms with Crippen molar-refractivity contribution in [2.45, 2.75) is 65.1 Å². The number of carbonyl (C=O) groups is 1. The second kappa shape index (κ2) is 8.40. The van der Waals surface area contributed by atoms with Crippen molar-refractivity contribution < 1.29 is 22.7 Å². The van der Waals surface area contributed by atoms with Gasteiger partial charge in [0.25, 0.3) is 0 Å². The molecule has 0 spiro atoms. The van der Waals surface area contributed by atoms with Crippen LogP contribution in [0.3, 0.4) is 0 Å². The van der Waals surface area contributed by atoms with Gasteiger partial charge in [-0.05, 0) is 61.0 Å². The summed E-state index contributed by atoms with van der Waals surface area (Å²) in [6.45, 7) is 6.43. The Morgan fingerprint density at radius 1 is 1.38 bits per heavy atom. The fourth-order valence-corrected chi connectivity index (χ4v) is 6.56. The van der Waals surface area contributed by atoms with Crippen LogP contribution < -0.4 is 10.0 Å². The average Bonchev–Trinajstić information content (AvgIpc) is 3.14. The largest absolute Gasteiger partial charge is 0.467 e. The van der Waals surface area contributed by atoms with E-state index in [4.69, 9.17) is 4.42 Å². The molecule has 29 heavy (non-hydrogen) atoms. The molecule has 164 valence electrons. The number of fused-ring (bicyclic) bond motifs is 1. The first-order valence-corrected chi connectivity index (χ1v) is 12.4. The van der Waals surface area contributed by atoms with Crippen molar-refractivity contribution in [3.05, 3.63) is 24.2 Å². The van der Waals surface area contributed by atoms with Crippen molar-refractivity contribution in [2.75, 3.05) is 6.26 Å². The Balaban J connectivity index is 1.70. The van der Waals surface area contributed by atoms with Gasteiger partial charge in [-0.15, -0.1) is 0 Å². The summed E-state index contributed by atoms with van der Waals surface area (Å²) in [6.07, 6.45) is 5.49. The quantitative estimate of drug-likeness (QED) is 0.647. The first-order chi connectivity index (χ1) is 13.5. The van der Waals surface area contributed by atoms with Crippen LogP contribution in [0.2, 0.25) is 0 Å². The summed E-state index contributed by atoms with van der Waals surface area (Å²) in [7, 11) is -3.31. The first-order valence-electron chi connectivity index (χ1n) is 10.5. The SMILES string of the molecule is CC(C(=O)NCc1ccco1)C1CCC2(C)CCC(NS(C)(=O)=O)C(C)C2C1O. The fourth-order valence-electron chi connectivity index (χ4n) is 5.68. The van der Waals surface area contributed by atoms with Crippen LogP contribution in [0.4, 0.5) is 0 Å². The van der Waals surface area contributed by atoms with Crippen LogP contribution in [-0.4, -0.2) is 37.8 Å². The predicted octanol–water partition coefficient (Wildman–Crippen LogP) is 2.27. The molecule has 2 fully saturated rings. The van der Waals surface area contributed by atoms with Crippen LogP contribution in [-0.2, 0) is 21.4 Å². The summed E-state index contributed by atoms with van der Waals surface area (Å²) >= 11 is 0. The first kappa shape index (κ1) is 22.3. The lowest BCUT2D eigenvalue weighted by molar-refractivity contribution is -0.141. The molecule has 1 aromatic heterocycles. The molecule has 7 nitrogen and oxygen atoms in total. The van der Waals surface area contributed by atoms with Gasteiger partial charge < -0.3 is 14.8 Å². The van der Waals surface area contributed by atoms with Crippen LogP contribution in [0.15, 0.2) is 22.8 Å². The molecule has 2 aliphatic rings. The zero-order valence-corrected chi connectivity index (χ0v) is 18.5. The smallest absolute Gasteiger partial charge is 0.223 e. The van der Waals surface area contributed by atoms with Crippen molar-refractivity contribution >= 4 is 15.9 Å². The minimum absolute atomic E-state index is 0.000319. The highest BCUT2D eigenvalue weighted by atomic mass is 32.2. The van der Waals surface area contributed by atoms with E-state index >= 15 is 0 Å². The van der Waals surface area contributed by atoms with Gasteiger partial charge in [0, 0.05) is 12.0 Å². The predicted molar refractivity (Wildman–Crippen MR) is 110 cm³/mol. The Morgan fingerprint density at radius 2 is 2.07 bits per heavy atom. The maximum Gasteiger partial charge on any atom is 0.223 e. The molecule has 8 heteroatoms. The Kier molecular flexibility index (Phi) is 6.46. The maximum atomic E-state index is 12.7. The van der Waals surface area contributed by atoms with Crippen LogP contribution in [0, 0.1) is 29.1 Å². The molecule has 0 aromatic carbocycles. The van der Waals surface area contributed by atoms with Gasteiger partial charge in [-0.25, -0.2) is 13.1 Å². The Labute approximate surface area is 173 Å². The fraction of sp³-hybridized carbons (Fsp3) is 0.762. The summed E-state index contributed by atoms with van der Waals surface area (Å²) in [4.78, 5) is 12.7. The molecule has 1 amide bonds. The van der Waals surface area contributed by atoms with Gasteiger partial charge in [0.15, 0.2) is 0 Å². The van der Waals surface area contributed by atoms with Crippen LogP contribution in [0.5, 0.6) is 0 Å². The molecule has 7 unspecified atom stereocenters. The third-order valence-electron chi connectivity index (χ3n) is 7.33. The Hall–Kier alpha value is -1.38. The summed E-state index contributed by atoms with van der Waals surface area (Å²) in [6, 6.07) is 3.41. The van der Waals surface area contributed by atoms with Crippen LogP contribution >= 0.6 is 0 Å². The standard InChI is InChI=1S/C21H34N2O5S/c1-13(20(25)22-12-15-6-5-11-28-15)16-7-9-21(3)10-8-17(23-29(4,26)27)14(2)18(21)19(16)24/h5-6,11,13-14,16-19,23-24H,7-10,12H2,1-4H3,(H,22,25). The lowest BCUT2D eigenvalue weighted by atomic mass is 9.52. The Bertz CT molecular complexity index is 809. The number of sulfonamides is 1. The minimum atomic E-state index is -3.31. The van der Waals surface area contributed by atoms with Gasteiger partial charge in [0.2, 0.25) is 15.9 Å². The van der Waals surface area contributed by atoms with Crippen LogP contribution in [0.1, 0.15) is 52.2 Å². The number of hydrogen-bond donors (Lipinski definition) is 3. The van der Waals surface area contributed by atoms with Crippen molar-refractivity contribution in [3.8, 4) is 0 Å². The topological polar surface area (TPSA) is 109 Å². The monoisotopic (exact) mass is 426 g/mol. The normalized spacial score (nSPS) is 36.2. The number of furan rings is 1. The van der Waals surface area contributed by atoms with E-state index in [9.17, 15) is 18.3 Å². The lowest BCUT2D eigenvalue weighted by Crippen LogP contribution is -2.58. The highest BCUT2D eigenvalue weighted by Gasteiger charge is 2.53. The second-order valence-electron chi connectivity index (χ2n) is 9.35. The van der Waals surface area contributed by atoms with Gasteiger partial charge in [-0.2, -0.15) is 0 Å². The van der Waals surface area contributed by atoms with E-state index in [0.29, 0.717) is 12.3 Å². The highest BCUT2D eigenvalue weighted by molar-refractivity contribution is 7.88. The maximum absolute atomic E-state index is 12.7. The number of hydrogen-bond acceptors (Lipinski definition) is 5. The average molecular weight is 427 g/mol. The summed E-state index contributed by atoms with van der Waals surface area (Å²) < 4.78 is 31.5. The van der Waals surface area contributed by atoms with Gasteiger partial charge in [0.05, 0.1) is 25.2 Å². The molecule has 7 atom stereocenters. The molecule has 1 aromatic rings. The van der Waals surface area contributed by atoms with Gasteiger partial charge >= 0.3 is 0 Å². The molecule has 1 heterocycles. The van der Waals surface area contributed by atoms with Crippen molar-refractivity contribution in [2.24, 2.45) is 29.1 Å². The van der Waals surface area contributed by atoms with E-state index in [1.165, 1.54) is 6.26 Å². The third-order valence-corrected chi connectivity index (χ3v) is 8.06. The van der Waals surface area contributed by atoms with E-state index in [2.05, 4.69) is 17.0 Å². The van der Waals surface area contributed by atoms with Gasteiger partial charge in [-0.3, -0.25) is 4.79 Å². The molecule has 0 saturated heterocycles. The van der Waals surface area contributed by atoms with E-state index in [1.807, 2.05) is 19.9 Å². The van der Waals surface area contributed by atoms with Gasteiger partial charge in [-0.1, -0.05) is 20.8 Å².